The van der Waals surface area contributed by atoms with E-state index < -0.39 is 11.5 Å². The Kier molecular flexibility index (Phi) is 4.07. The van der Waals surface area contributed by atoms with E-state index in [1.807, 2.05) is 25.1 Å². The second-order valence-corrected chi connectivity index (χ2v) is 6.31. The Morgan fingerprint density at radius 3 is 2.70 bits per heavy atom. The molecule has 3 rings (SSSR count). The second-order valence-electron chi connectivity index (χ2n) is 6.31. The van der Waals surface area contributed by atoms with Crippen LogP contribution < -0.4 is 0 Å². The van der Waals surface area contributed by atoms with Gasteiger partial charge in [0.25, 0.3) is 0 Å². The van der Waals surface area contributed by atoms with Crippen molar-refractivity contribution in [2.45, 2.75) is 44.8 Å². The zero-order valence-electron chi connectivity index (χ0n) is 13.6. The van der Waals surface area contributed by atoms with Crippen LogP contribution in [0.25, 0.3) is 0 Å². The minimum absolute atomic E-state index is 0.267. The Labute approximate surface area is 136 Å². The third-order valence-electron chi connectivity index (χ3n) is 4.62. The molecule has 1 N–H and O–H groups in total. The van der Waals surface area contributed by atoms with Crippen LogP contribution in [-0.4, -0.2) is 33.4 Å². The fourth-order valence-corrected chi connectivity index (χ4v) is 3.44. The number of rotatable bonds is 4. The number of aliphatic imine (C=N–C) groups is 1. The van der Waals surface area contributed by atoms with Crippen molar-refractivity contribution in [1.29, 1.82) is 0 Å². The van der Waals surface area contributed by atoms with E-state index in [1.165, 1.54) is 0 Å². The maximum Gasteiger partial charge on any atom is 0.333 e. The third kappa shape index (κ3) is 2.81. The van der Waals surface area contributed by atoms with Crippen LogP contribution >= 0.6 is 0 Å². The standard InChI is InChI=1S/C19H22N2O2/c1-14-20-19(2,18(22)23)17(16-11-7-4-8-12-16)21(14)13-15-9-5-3-6-10-15/h3,5-7,9-12,17H,4,8,13H2,1-2H3,(H,22,23)/t17-,19-/m0/s1. The molecule has 0 unspecified atom stereocenters. The van der Waals surface area contributed by atoms with Gasteiger partial charge in [-0.25, -0.2) is 4.79 Å². The highest BCUT2D eigenvalue weighted by Gasteiger charge is 2.51. The number of hydrogen-bond acceptors (Lipinski definition) is 3. The summed E-state index contributed by atoms with van der Waals surface area (Å²) in [6, 6.07) is 9.85. The fraction of sp³-hybridized carbons (Fsp3) is 0.368. The van der Waals surface area contributed by atoms with Gasteiger partial charge in [0.2, 0.25) is 0 Å². The van der Waals surface area contributed by atoms with Crippen LogP contribution in [0, 0.1) is 0 Å². The van der Waals surface area contributed by atoms with Crippen molar-refractivity contribution in [2.24, 2.45) is 4.99 Å². The molecule has 0 saturated carbocycles. The molecule has 0 fully saturated rings. The van der Waals surface area contributed by atoms with Gasteiger partial charge in [0.05, 0.1) is 11.9 Å². The Balaban J connectivity index is 1.99. The van der Waals surface area contributed by atoms with E-state index in [9.17, 15) is 9.90 Å². The Morgan fingerprint density at radius 1 is 1.35 bits per heavy atom. The van der Waals surface area contributed by atoms with Crippen molar-refractivity contribution in [1.82, 2.24) is 4.90 Å². The quantitative estimate of drug-likeness (QED) is 0.927. The lowest BCUT2D eigenvalue weighted by atomic mass is 9.85. The minimum Gasteiger partial charge on any atom is -0.479 e. The van der Waals surface area contributed by atoms with E-state index in [2.05, 4.69) is 40.3 Å². The minimum atomic E-state index is -1.15. The lowest BCUT2D eigenvalue weighted by molar-refractivity contribution is -0.143. The lowest BCUT2D eigenvalue weighted by Gasteiger charge is -2.35. The smallest absolute Gasteiger partial charge is 0.333 e. The van der Waals surface area contributed by atoms with Crippen molar-refractivity contribution < 1.29 is 9.90 Å². The molecule has 2 atom stereocenters. The van der Waals surface area contributed by atoms with Crippen LogP contribution in [0.5, 0.6) is 0 Å². The molecule has 23 heavy (non-hydrogen) atoms. The van der Waals surface area contributed by atoms with Gasteiger partial charge in [0.1, 0.15) is 0 Å². The Hall–Kier alpha value is -2.36. The number of benzene rings is 1. The van der Waals surface area contributed by atoms with E-state index in [1.54, 1.807) is 6.92 Å². The highest BCUT2D eigenvalue weighted by atomic mass is 16.4. The molecule has 0 radical (unpaired) electrons. The van der Waals surface area contributed by atoms with Crippen LogP contribution in [-0.2, 0) is 11.3 Å². The van der Waals surface area contributed by atoms with Gasteiger partial charge in [-0.05, 0) is 37.8 Å². The summed E-state index contributed by atoms with van der Waals surface area (Å²) < 4.78 is 0. The van der Waals surface area contributed by atoms with E-state index in [0.29, 0.717) is 6.54 Å². The van der Waals surface area contributed by atoms with Gasteiger partial charge in [0, 0.05) is 6.54 Å². The average Bonchev–Trinajstić information content (AvgIpc) is 2.81. The lowest BCUT2D eigenvalue weighted by Crippen LogP contribution is -2.50. The summed E-state index contributed by atoms with van der Waals surface area (Å²) in [5, 5.41) is 9.79. The molecule has 1 heterocycles. The summed E-state index contributed by atoms with van der Waals surface area (Å²) in [7, 11) is 0. The zero-order valence-corrected chi connectivity index (χ0v) is 13.6. The van der Waals surface area contributed by atoms with E-state index in [0.717, 1.165) is 29.8 Å². The molecule has 4 nitrogen and oxygen atoms in total. The van der Waals surface area contributed by atoms with Gasteiger partial charge >= 0.3 is 5.97 Å². The number of aliphatic carboxylic acids is 1. The molecule has 0 spiro atoms. The van der Waals surface area contributed by atoms with Crippen LogP contribution in [0.3, 0.4) is 0 Å². The first-order valence-corrected chi connectivity index (χ1v) is 7.99. The number of carboxylic acids is 1. The van der Waals surface area contributed by atoms with E-state index in [-0.39, 0.29) is 6.04 Å². The molecule has 1 aliphatic carbocycles. The molecule has 0 saturated heterocycles. The number of hydrogen-bond donors (Lipinski definition) is 1. The van der Waals surface area contributed by atoms with Gasteiger partial charge in [-0.3, -0.25) is 4.99 Å². The predicted molar refractivity (Wildman–Crippen MR) is 91.4 cm³/mol. The molecule has 0 amide bonds. The number of amidine groups is 1. The summed E-state index contributed by atoms with van der Waals surface area (Å²) in [5.74, 6) is -0.0964. The van der Waals surface area contributed by atoms with Crippen LogP contribution in [0.1, 0.15) is 32.3 Å². The van der Waals surface area contributed by atoms with Gasteiger partial charge in [-0.2, -0.15) is 0 Å². The molecular formula is C19H22N2O2. The van der Waals surface area contributed by atoms with E-state index in [4.69, 9.17) is 0 Å². The molecular weight excluding hydrogens is 288 g/mol. The maximum absolute atomic E-state index is 11.9. The summed E-state index contributed by atoms with van der Waals surface area (Å²) >= 11 is 0. The Bertz CT molecular complexity index is 691. The highest BCUT2D eigenvalue weighted by molar-refractivity contribution is 5.92. The summed E-state index contributed by atoms with van der Waals surface area (Å²) in [4.78, 5) is 18.6. The maximum atomic E-state index is 11.9. The first kappa shape index (κ1) is 15.5. The largest absolute Gasteiger partial charge is 0.479 e. The molecule has 0 aromatic heterocycles. The average molecular weight is 310 g/mol. The van der Waals surface area contributed by atoms with Gasteiger partial charge < -0.3 is 10.0 Å². The van der Waals surface area contributed by atoms with Crippen molar-refractivity contribution in [3.05, 3.63) is 59.7 Å². The summed E-state index contributed by atoms with van der Waals surface area (Å²) in [6.45, 7) is 4.28. The predicted octanol–water partition coefficient (Wildman–Crippen LogP) is 3.41. The molecule has 4 heteroatoms. The molecule has 2 aliphatic rings. The third-order valence-corrected chi connectivity index (χ3v) is 4.62. The van der Waals surface area contributed by atoms with Gasteiger partial charge in [-0.15, -0.1) is 0 Å². The van der Waals surface area contributed by atoms with Crippen molar-refractivity contribution >= 4 is 11.8 Å². The van der Waals surface area contributed by atoms with Crippen LogP contribution in [0.2, 0.25) is 0 Å². The Morgan fingerprint density at radius 2 is 2.09 bits per heavy atom. The summed E-state index contributed by atoms with van der Waals surface area (Å²) in [5.41, 5.74) is 1.06. The van der Waals surface area contributed by atoms with Crippen LogP contribution in [0.4, 0.5) is 0 Å². The normalized spacial score (nSPS) is 26.9. The topological polar surface area (TPSA) is 52.9 Å². The van der Waals surface area contributed by atoms with Gasteiger partial charge in [-0.1, -0.05) is 48.6 Å². The number of nitrogens with zero attached hydrogens (tertiary/aromatic N) is 2. The SMILES string of the molecule is CC1=N[C@](C)(C(=O)O)[C@H](C2=CCCC=C2)N1Cc1ccccc1. The van der Waals surface area contributed by atoms with Crippen molar-refractivity contribution in [2.75, 3.05) is 0 Å². The van der Waals surface area contributed by atoms with Crippen molar-refractivity contribution in [3.8, 4) is 0 Å². The number of carbonyl (C=O) groups is 1. The first-order valence-electron chi connectivity index (χ1n) is 7.99. The van der Waals surface area contributed by atoms with E-state index >= 15 is 0 Å². The molecule has 1 aromatic rings. The first-order chi connectivity index (χ1) is 11.0. The second kappa shape index (κ2) is 6.03. The molecule has 120 valence electrons. The highest BCUT2D eigenvalue weighted by Crippen LogP contribution is 2.36. The van der Waals surface area contributed by atoms with Crippen molar-refractivity contribution in [3.63, 3.8) is 0 Å². The zero-order chi connectivity index (χ0) is 16.4. The summed E-state index contributed by atoms with van der Waals surface area (Å²) in [6.07, 6.45) is 8.29. The molecule has 0 bridgehead atoms. The fourth-order valence-electron chi connectivity index (χ4n) is 3.44. The molecule has 1 aromatic carbocycles. The monoisotopic (exact) mass is 310 g/mol. The van der Waals surface area contributed by atoms with Gasteiger partial charge in [0.15, 0.2) is 5.54 Å². The number of allylic oxidation sites excluding steroid dienone is 2. The van der Waals surface area contributed by atoms with Crippen LogP contribution in [0.15, 0.2) is 59.1 Å². The molecule has 1 aliphatic heterocycles. The number of carboxylic acid groups (broad SMARTS) is 1.